The van der Waals surface area contributed by atoms with Gasteiger partial charge in [0.25, 0.3) is 5.91 Å². The fraction of sp³-hybridized carbons (Fsp3) is 0.476. The van der Waals surface area contributed by atoms with Crippen molar-refractivity contribution in [3.8, 4) is 0 Å². The molecule has 10 heteroatoms. The monoisotopic (exact) mass is 460 g/mol. The molecule has 1 aliphatic heterocycles. The maximum atomic E-state index is 11.8. The Morgan fingerprint density at radius 3 is 2.84 bits per heavy atom. The molecule has 3 aromatic rings. The van der Waals surface area contributed by atoms with E-state index in [9.17, 15) is 9.90 Å². The first kappa shape index (κ1) is 21.9. The summed E-state index contributed by atoms with van der Waals surface area (Å²) in [6, 6.07) is 2.46. The Kier molecular flexibility index (Phi) is 6.71. The van der Waals surface area contributed by atoms with Crippen molar-refractivity contribution < 1.29 is 9.90 Å². The predicted molar refractivity (Wildman–Crippen MR) is 127 cm³/mol. The maximum Gasteiger partial charge on any atom is 0.260 e. The Labute approximate surface area is 189 Å². The summed E-state index contributed by atoms with van der Waals surface area (Å²) in [6.07, 6.45) is 4.93. The number of anilines is 2. The summed E-state index contributed by atoms with van der Waals surface area (Å²) in [5.41, 5.74) is 13.3. The lowest BCUT2D eigenvalue weighted by Gasteiger charge is -2.33. The molecule has 0 bridgehead atoms. The van der Waals surface area contributed by atoms with E-state index in [1.165, 1.54) is 22.7 Å². The summed E-state index contributed by atoms with van der Waals surface area (Å²) >= 11 is 2.75. The lowest BCUT2D eigenvalue weighted by Crippen LogP contribution is -2.44. The van der Waals surface area contributed by atoms with Crippen LogP contribution in [0.3, 0.4) is 0 Å². The van der Waals surface area contributed by atoms with E-state index in [0.717, 1.165) is 65.4 Å². The zero-order valence-electron chi connectivity index (χ0n) is 17.5. The molecule has 0 radical (unpaired) electrons. The second-order valence-electron chi connectivity index (χ2n) is 7.83. The van der Waals surface area contributed by atoms with Gasteiger partial charge in [0.2, 0.25) is 0 Å². The van der Waals surface area contributed by atoms with Crippen LogP contribution in [0.5, 0.6) is 0 Å². The Hall–Kier alpha value is -2.27. The van der Waals surface area contributed by atoms with E-state index in [1.54, 1.807) is 6.20 Å². The average Bonchev–Trinajstić information content (AvgIpc) is 3.41. The van der Waals surface area contributed by atoms with Gasteiger partial charge in [-0.1, -0.05) is 13.3 Å². The highest BCUT2D eigenvalue weighted by Crippen LogP contribution is 2.37. The van der Waals surface area contributed by atoms with Crippen molar-refractivity contribution in [2.24, 2.45) is 5.73 Å². The first-order valence-corrected chi connectivity index (χ1v) is 12.2. The van der Waals surface area contributed by atoms with Crippen LogP contribution in [0.1, 0.15) is 52.5 Å². The summed E-state index contributed by atoms with van der Waals surface area (Å²) in [6.45, 7) is 4.38. The fourth-order valence-electron chi connectivity index (χ4n) is 4.07. The number of piperidine rings is 1. The quantitative estimate of drug-likeness (QED) is 0.406. The Morgan fingerprint density at radius 1 is 1.42 bits per heavy atom. The number of aryl methyl sites for hydroxylation is 1. The number of aliphatic hydroxyl groups excluding tert-OH is 1. The Morgan fingerprint density at radius 2 is 2.19 bits per heavy atom. The van der Waals surface area contributed by atoms with Crippen LogP contribution in [0.15, 0.2) is 17.6 Å². The third-order valence-electron chi connectivity index (χ3n) is 5.67. The number of hydrogen-bond donors (Lipinski definition) is 4. The number of rotatable bonds is 8. The number of nitrogens with one attached hydrogen (secondary N) is 1. The first-order chi connectivity index (χ1) is 15.0. The normalized spacial score (nSPS) is 16.1. The molecule has 1 fully saturated rings. The molecular weight excluding hydrogens is 432 g/mol. The lowest BCUT2D eigenvalue weighted by molar-refractivity contribution is 0.100. The second kappa shape index (κ2) is 9.47. The number of primary amides is 1. The van der Waals surface area contributed by atoms with Gasteiger partial charge in [-0.3, -0.25) is 4.79 Å². The SMILES string of the molecule is CCCc1cc(N2CCC(NCC(O)c3nccs3)CC2)nc2sc(C(N)=O)c(N)c12. The number of nitrogens with zero attached hydrogens (tertiary/aromatic N) is 3. The minimum Gasteiger partial charge on any atom is -0.397 e. The van der Waals surface area contributed by atoms with Crippen LogP contribution in [-0.2, 0) is 6.42 Å². The molecule has 0 aliphatic carbocycles. The zero-order chi connectivity index (χ0) is 22.0. The molecule has 4 rings (SSSR count). The van der Waals surface area contributed by atoms with Crippen molar-refractivity contribution in [2.75, 3.05) is 30.3 Å². The van der Waals surface area contributed by atoms with Crippen LogP contribution < -0.4 is 21.7 Å². The fourth-order valence-corrected chi connectivity index (χ4v) is 5.69. The number of fused-ring (bicyclic) bond motifs is 1. The van der Waals surface area contributed by atoms with E-state index in [4.69, 9.17) is 16.5 Å². The lowest BCUT2D eigenvalue weighted by atomic mass is 10.0. The number of aromatic nitrogens is 2. The predicted octanol–water partition coefficient (Wildman–Crippen LogP) is 2.68. The van der Waals surface area contributed by atoms with Crippen LogP contribution in [-0.4, -0.2) is 46.7 Å². The minimum absolute atomic E-state index is 0.351. The number of pyridine rings is 1. The Balaban J connectivity index is 1.45. The van der Waals surface area contributed by atoms with E-state index < -0.39 is 12.0 Å². The second-order valence-corrected chi connectivity index (χ2v) is 9.76. The molecule has 1 unspecified atom stereocenters. The summed E-state index contributed by atoms with van der Waals surface area (Å²) in [5, 5.41) is 17.2. The molecule has 1 amide bonds. The van der Waals surface area contributed by atoms with E-state index in [2.05, 4.69) is 28.2 Å². The number of carbonyl (C=O) groups is 1. The highest BCUT2D eigenvalue weighted by Gasteiger charge is 2.24. The van der Waals surface area contributed by atoms with Crippen molar-refractivity contribution >= 4 is 50.3 Å². The van der Waals surface area contributed by atoms with Crippen LogP contribution in [0.25, 0.3) is 10.2 Å². The number of amides is 1. The standard InChI is InChI=1S/C21H28N6O2S2/c1-2-3-12-10-15(26-21-16(12)17(22)18(31-21)19(23)29)27-7-4-13(5-8-27)25-11-14(28)20-24-6-9-30-20/h6,9-10,13-14,25,28H,2-5,7-8,11,22H2,1H3,(H2,23,29). The van der Waals surface area contributed by atoms with E-state index >= 15 is 0 Å². The highest BCUT2D eigenvalue weighted by atomic mass is 32.1. The van der Waals surface area contributed by atoms with Crippen molar-refractivity contribution in [3.63, 3.8) is 0 Å². The highest BCUT2D eigenvalue weighted by molar-refractivity contribution is 7.21. The topological polar surface area (TPSA) is 130 Å². The smallest absolute Gasteiger partial charge is 0.260 e. The van der Waals surface area contributed by atoms with E-state index in [1.807, 2.05) is 5.38 Å². The van der Waals surface area contributed by atoms with Crippen molar-refractivity contribution in [1.82, 2.24) is 15.3 Å². The van der Waals surface area contributed by atoms with Gasteiger partial charge in [-0.25, -0.2) is 9.97 Å². The number of thiazole rings is 1. The average molecular weight is 461 g/mol. The van der Waals surface area contributed by atoms with Gasteiger partial charge < -0.3 is 26.8 Å². The molecule has 0 saturated carbocycles. The largest absolute Gasteiger partial charge is 0.397 e. The number of nitrogens with two attached hydrogens (primary N) is 2. The molecule has 166 valence electrons. The third-order valence-corrected chi connectivity index (χ3v) is 7.66. The Bertz CT molecular complexity index is 1040. The molecule has 1 aliphatic rings. The molecular formula is C21H28N6O2S2. The van der Waals surface area contributed by atoms with E-state index in [-0.39, 0.29) is 0 Å². The molecule has 0 spiro atoms. The minimum atomic E-state index is -0.567. The third kappa shape index (κ3) is 4.67. The summed E-state index contributed by atoms with van der Waals surface area (Å²) in [4.78, 5) is 24.2. The van der Waals surface area contributed by atoms with Crippen molar-refractivity contribution in [3.05, 3.63) is 33.1 Å². The molecule has 6 N–H and O–H groups in total. The molecule has 1 atom stereocenters. The molecule has 0 aromatic carbocycles. The molecule has 3 aromatic heterocycles. The van der Waals surface area contributed by atoms with Crippen molar-refractivity contribution in [2.45, 2.75) is 44.8 Å². The van der Waals surface area contributed by atoms with Crippen LogP contribution in [0.2, 0.25) is 0 Å². The number of aliphatic hydroxyl groups is 1. The van der Waals surface area contributed by atoms with Crippen LogP contribution >= 0.6 is 22.7 Å². The number of nitrogen functional groups attached to an aromatic ring is 1. The molecule has 4 heterocycles. The van der Waals surface area contributed by atoms with Gasteiger partial charge in [0.1, 0.15) is 26.6 Å². The van der Waals surface area contributed by atoms with Gasteiger partial charge in [-0.15, -0.1) is 22.7 Å². The van der Waals surface area contributed by atoms with Gasteiger partial charge >= 0.3 is 0 Å². The van der Waals surface area contributed by atoms with Gasteiger partial charge in [0.15, 0.2) is 0 Å². The van der Waals surface area contributed by atoms with Gasteiger partial charge in [0.05, 0.1) is 5.69 Å². The molecule has 1 saturated heterocycles. The molecule has 8 nitrogen and oxygen atoms in total. The number of hydrogen-bond acceptors (Lipinski definition) is 9. The number of carbonyl (C=O) groups excluding carboxylic acids is 1. The van der Waals surface area contributed by atoms with Crippen LogP contribution in [0.4, 0.5) is 11.5 Å². The van der Waals surface area contributed by atoms with Crippen LogP contribution in [0, 0.1) is 0 Å². The zero-order valence-corrected chi connectivity index (χ0v) is 19.1. The van der Waals surface area contributed by atoms with Gasteiger partial charge in [-0.05, 0) is 30.9 Å². The van der Waals surface area contributed by atoms with Crippen molar-refractivity contribution in [1.29, 1.82) is 0 Å². The van der Waals surface area contributed by atoms with E-state index in [0.29, 0.717) is 23.2 Å². The maximum absolute atomic E-state index is 11.8. The van der Waals surface area contributed by atoms with Gasteiger partial charge in [0, 0.05) is 42.6 Å². The summed E-state index contributed by atoms with van der Waals surface area (Å²) in [5.74, 6) is 0.422. The molecule has 31 heavy (non-hydrogen) atoms. The summed E-state index contributed by atoms with van der Waals surface area (Å²) < 4.78 is 0. The number of thiophene rings is 1. The summed E-state index contributed by atoms with van der Waals surface area (Å²) in [7, 11) is 0. The first-order valence-electron chi connectivity index (χ1n) is 10.5. The van der Waals surface area contributed by atoms with Gasteiger partial charge in [-0.2, -0.15) is 0 Å².